The van der Waals surface area contributed by atoms with Gasteiger partial charge in [-0.05, 0) is 38.0 Å². The summed E-state index contributed by atoms with van der Waals surface area (Å²) < 4.78 is 5.37. The molecule has 5 nitrogen and oxygen atoms in total. The number of amides is 1. The van der Waals surface area contributed by atoms with Crippen molar-refractivity contribution in [1.82, 2.24) is 4.90 Å². The van der Waals surface area contributed by atoms with E-state index in [0.29, 0.717) is 17.3 Å². The van der Waals surface area contributed by atoms with E-state index in [9.17, 15) is 9.90 Å². The Hall–Kier alpha value is -1.82. The van der Waals surface area contributed by atoms with Gasteiger partial charge in [0, 0.05) is 24.6 Å². The average Bonchev–Trinajstić information content (AvgIpc) is 2.49. The van der Waals surface area contributed by atoms with Crippen LogP contribution in [0.15, 0.2) is 18.2 Å². The van der Waals surface area contributed by atoms with Crippen LogP contribution in [-0.4, -0.2) is 40.6 Å². The maximum Gasteiger partial charge on any atom is 0.220 e. The molecule has 0 spiro atoms. The molecule has 1 amide bonds. The van der Waals surface area contributed by atoms with Gasteiger partial charge in [0.2, 0.25) is 5.91 Å². The number of nitrogens with two attached hydrogens (primary N) is 1. The largest absolute Gasteiger partial charge is 0.504 e. The third-order valence-electron chi connectivity index (χ3n) is 3.69. The predicted molar refractivity (Wildman–Crippen MR) is 84.5 cm³/mol. The fourth-order valence-electron chi connectivity index (χ4n) is 2.47. The van der Waals surface area contributed by atoms with Gasteiger partial charge in [0.05, 0.1) is 6.61 Å². The molecule has 114 valence electrons. The van der Waals surface area contributed by atoms with E-state index >= 15 is 0 Å². The van der Waals surface area contributed by atoms with Crippen LogP contribution < -0.4 is 10.5 Å². The minimum atomic E-state index is -0.233. The number of carbonyl (C=O) groups is 1. The smallest absolute Gasteiger partial charge is 0.220 e. The predicted octanol–water partition coefficient (Wildman–Crippen LogP) is 1.66. The highest BCUT2D eigenvalue weighted by atomic mass is 32.1. The Kier molecular flexibility index (Phi) is 5.01. The highest BCUT2D eigenvalue weighted by Gasteiger charge is 2.25. The number of benzene rings is 1. The Labute approximate surface area is 129 Å². The lowest BCUT2D eigenvalue weighted by Crippen LogP contribution is -2.41. The zero-order valence-electron chi connectivity index (χ0n) is 12.0. The number of aromatic hydroxyl groups is 1. The van der Waals surface area contributed by atoms with Crippen LogP contribution in [0.3, 0.4) is 0 Å². The third-order valence-corrected chi connectivity index (χ3v) is 4.19. The Morgan fingerprint density at radius 1 is 1.48 bits per heavy atom. The first-order chi connectivity index (χ1) is 10.0. The molecule has 6 heteroatoms. The molecule has 1 aromatic carbocycles. The molecule has 1 heterocycles. The molecule has 0 radical (unpaired) electrons. The van der Waals surface area contributed by atoms with E-state index < -0.39 is 0 Å². The van der Waals surface area contributed by atoms with E-state index in [1.54, 1.807) is 18.2 Å². The SMILES string of the molecule is CCOc1cc(C(=S)N2CCC(C(N)=O)CC2)ccc1O. The van der Waals surface area contributed by atoms with Crippen LogP contribution in [0.25, 0.3) is 0 Å². The van der Waals surface area contributed by atoms with E-state index in [2.05, 4.69) is 4.90 Å². The summed E-state index contributed by atoms with van der Waals surface area (Å²) in [6, 6.07) is 5.12. The van der Waals surface area contributed by atoms with E-state index in [1.807, 2.05) is 6.92 Å². The maximum atomic E-state index is 11.2. The summed E-state index contributed by atoms with van der Waals surface area (Å²) in [6.45, 7) is 3.78. The van der Waals surface area contributed by atoms with E-state index in [0.717, 1.165) is 31.5 Å². The number of hydrogen-bond acceptors (Lipinski definition) is 4. The highest BCUT2D eigenvalue weighted by Crippen LogP contribution is 2.28. The lowest BCUT2D eigenvalue weighted by Gasteiger charge is -2.32. The number of phenols is 1. The molecule has 21 heavy (non-hydrogen) atoms. The van der Waals surface area contributed by atoms with Gasteiger partial charge in [-0.3, -0.25) is 4.79 Å². The molecule has 0 bridgehead atoms. The van der Waals surface area contributed by atoms with Crippen LogP contribution in [0.5, 0.6) is 11.5 Å². The number of phenolic OH excluding ortho intramolecular Hbond substituents is 1. The number of hydrogen-bond donors (Lipinski definition) is 2. The van der Waals surface area contributed by atoms with Crippen molar-refractivity contribution in [1.29, 1.82) is 0 Å². The zero-order valence-corrected chi connectivity index (χ0v) is 12.9. The number of primary amides is 1. The number of ether oxygens (including phenoxy) is 1. The number of piperidine rings is 1. The van der Waals surface area contributed by atoms with Crippen molar-refractivity contribution in [2.75, 3.05) is 19.7 Å². The van der Waals surface area contributed by atoms with Crippen molar-refractivity contribution < 1.29 is 14.6 Å². The lowest BCUT2D eigenvalue weighted by molar-refractivity contribution is -0.122. The van der Waals surface area contributed by atoms with Crippen LogP contribution in [0.2, 0.25) is 0 Å². The van der Waals surface area contributed by atoms with Crippen molar-refractivity contribution in [2.45, 2.75) is 19.8 Å². The summed E-state index contributed by atoms with van der Waals surface area (Å²) in [5.41, 5.74) is 6.17. The first kappa shape index (κ1) is 15.6. The molecule has 0 unspecified atom stereocenters. The molecular formula is C15H20N2O3S. The maximum absolute atomic E-state index is 11.2. The van der Waals surface area contributed by atoms with Gasteiger partial charge >= 0.3 is 0 Å². The number of nitrogens with zero attached hydrogens (tertiary/aromatic N) is 1. The van der Waals surface area contributed by atoms with Crippen molar-refractivity contribution in [3.8, 4) is 11.5 Å². The molecule has 2 rings (SSSR count). The van der Waals surface area contributed by atoms with E-state index in [-0.39, 0.29) is 17.6 Å². The molecule has 1 aliphatic rings. The van der Waals surface area contributed by atoms with Crippen LogP contribution in [0.4, 0.5) is 0 Å². The van der Waals surface area contributed by atoms with Crippen molar-refractivity contribution in [3.05, 3.63) is 23.8 Å². The Balaban J connectivity index is 2.07. The van der Waals surface area contributed by atoms with Gasteiger partial charge in [-0.15, -0.1) is 0 Å². The quantitative estimate of drug-likeness (QED) is 0.828. The number of carbonyl (C=O) groups excluding carboxylic acids is 1. The zero-order chi connectivity index (χ0) is 15.4. The van der Waals surface area contributed by atoms with Gasteiger partial charge in [0.15, 0.2) is 11.5 Å². The minimum absolute atomic E-state index is 0.0529. The van der Waals surface area contributed by atoms with E-state index in [4.69, 9.17) is 22.7 Å². The molecule has 1 fully saturated rings. The minimum Gasteiger partial charge on any atom is -0.504 e. The molecule has 1 saturated heterocycles. The van der Waals surface area contributed by atoms with Gasteiger partial charge in [0.1, 0.15) is 4.99 Å². The summed E-state index contributed by atoms with van der Waals surface area (Å²) >= 11 is 5.50. The van der Waals surface area contributed by atoms with Gasteiger partial charge in [-0.1, -0.05) is 12.2 Å². The van der Waals surface area contributed by atoms with Gasteiger partial charge < -0.3 is 20.5 Å². The Morgan fingerprint density at radius 3 is 2.71 bits per heavy atom. The Morgan fingerprint density at radius 2 is 2.14 bits per heavy atom. The number of likely N-dealkylation sites (tertiary alicyclic amines) is 1. The summed E-state index contributed by atoms with van der Waals surface area (Å²) in [5.74, 6) is 0.256. The van der Waals surface area contributed by atoms with Crippen LogP contribution in [0, 0.1) is 5.92 Å². The summed E-state index contributed by atoms with van der Waals surface area (Å²) in [4.78, 5) is 14.0. The molecule has 1 aromatic rings. The van der Waals surface area contributed by atoms with Gasteiger partial charge in [-0.25, -0.2) is 0 Å². The van der Waals surface area contributed by atoms with Crippen molar-refractivity contribution in [3.63, 3.8) is 0 Å². The summed E-state index contributed by atoms with van der Waals surface area (Å²) in [6.07, 6.45) is 1.46. The molecule has 0 atom stereocenters. The fourth-order valence-corrected chi connectivity index (χ4v) is 2.78. The molecular weight excluding hydrogens is 288 g/mol. The average molecular weight is 308 g/mol. The van der Waals surface area contributed by atoms with Crippen molar-refractivity contribution >= 4 is 23.1 Å². The first-order valence-corrected chi connectivity index (χ1v) is 7.48. The van der Waals surface area contributed by atoms with E-state index in [1.165, 1.54) is 0 Å². The Bertz CT molecular complexity index is 540. The van der Waals surface area contributed by atoms with Crippen LogP contribution in [0.1, 0.15) is 25.3 Å². The topological polar surface area (TPSA) is 75.8 Å². The van der Waals surface area contributed by atoms with Crippen LogP contribution in [-0.2, 0) is 4.79 Å². The monoisotopic (exact) mass is 308 g/mol. The standard InChI is InChI=1S/C15H20N2O3S/c1-2-20-13-9-11(3-4-12(13)18)15(21)17-7-5-10(6-8-17)14(16)19/h3-4,9-10,18H,2,5-8H2,1H3,(H2,16,19). The fraction of sp³-hybridized carbons (Fsp3) is 0.467. The van der Waals surface area contributed by atoms with Crippen molar-refractivity contribution in [2.24, 2.45) is 11.7 Å². The molecule has 0 saturated carbocycles. The highest BCUT2D eigenvalue weighted by molar-refractivity contribution is 7.80. The first-order valence-electron chi connectivity index (χ1n) is 7.07. The molecule has 1 aliphatic heterocycles. The molecule has 0 aromatic heterocycles. The lowest BCUT2D eigenvalue weighted by atomic mass is 9.96. The third kappa shape index (κ3) is 3.64. The van der Waals surface area contributed by atoms with Crippen LogP contribution >= 0.6 is 12.2 Å². The van der Waals surface area contributed by atoms with Gasteiger partial charge in [0.25, 0.3) is 0 Å². The summed E-state index contributed by atoms with van der Waals surface area (Å²) in [7, 11) is 0. The second kappa shape index (κ2) is 6.76. The normalized spacial score (nSPS) is 15.8. The number of thiocarbonyl (C=S) groups is 1. The van der Waals surface area contributed by atoms with Gasteiger partial charge in [-0.2, -0.15) is 0 Å². The number of rotatable bonds is 4. The summed E-state index contributed by atoms with van der Waals surface area (Å²) in [5, 5.41) is 9.72. The molecule has 3 N–H and O–H groups in total. The molecule has 0 aliphatic carbocycles. The second-order valence-electron chi connectivity index (χ2n) is 5.08. The second-order valence-corrected chi connectivity index (χ2v) is 5.47.